The Kier molecular flexibility index (Phi) is 5.80. The zero-order valence-electron chi connectivity index (χ0n) is 21.6. The third-order valence-electron chi connectivity index (χ3n) is 7.77. The molecule has 2 aliphatic rings. The molecule has 0 atom stereocenters. The van der Waals surface area contributed by atoms with Crippen molar-refractivity contribution in [3.8, 4) is 0 Å². The molecule has 0 fully saturated rings. The number of rotatable bonds is 0. The largest absolute Gasteiger partial charge is 0.332 e. The average Bonchev–Trinajstić information content (AvgIpc) is 3.59. The van der Waals surface area contributed by atoms with E-state index in [0.29, 0.717) is 11.1 Å². The molecule has 0 aliphatic carbocycles. The number of nitrogens with zero attached hydrogens (tertiary/aromatic N) is 5. The summed E-state index contributed by atoms with van der Waals surface area (Å²) in [6.45, 7) is 1.52. The first kappa shape index (κ1) is 23.5. The molecule has 0 saturated heterocycles. The van der Waals surface area contributed by atoms with Crippen LogP contribution in [0, 0.1) is 0 Å². The van der Waals surface area contributed by atoms with Gasteiger partial charge in [0.1, 0.15) is 11.3 Å². The van der Waals surface area contributed by atoms with Crippen molar-refractivity contribution in [2.45, 2.75) is 51.6 Å². The lowest BCUT2D eigenvalue weighted by Gasteiger charge is -2.07. The van der Waals surface area contributed by atoms with Crippen LogP contribution in [0.4, 0.5) is 0 Å². The average molecular weight is 517 g/mol. The van der Waals surface area contributed by atoms with E-state index in [1.165, 1.54) is 0 Å². The number of hydrogen-bond donors (Lipinski definition) is 1. The van der Waals surface area contributed by atoms with Crippen molar-refractivity contribution in [3.05, 3.63) is 89.8 Å². The van der Waals surface area contributed by atoms with Crippen LogP contribution >= 0.6 is 0 Å². The van der Waals surface area contributed by atoms with Crippen molar-refractivity contribution < 1.29 is 9.59 Å². The third-order valence-corrected chi connectivity index (χ3v) is 7.77. The van der Waals surface area contributed by atoms with E-state index < -0.39 is 0 Å². The van der Waals surface area contributed by atoms with E-state index in [9.17, 15) is 9.59 Å². The highest BCUT2D eigenvalue weighted by molar-refractivity contribution is 6.50. The quantitative estimate of drug-likeness (QED) is 0.301. The Morgan fingerprint density at radius 2 is 1.15 bits per heavy atom. The third kappa shape index (κ3) is 4.12. The number of pyridine rings is 3. The van der Waals surface area contributed by atoms with Gasteiger partial charge in [0.05, 0.1) is 11.1 Å². The molecule has 8 heteroatoms. The molecule has 2 amide bonds. The molecule has 0 radical (unpaired) electrons. The second-order valence-corrected chi connectivity index (χ2v) is 10.3. The number of imide groups is 1. The number of fused-ring (bicyclic) bond motifs is 14. The van der Waals surface area contributed by atoms with Gasteiger partial charge in [-0.1, -0.05) is 6.07 Å². The molecule has 5 aromatic rings. The maximum absolute atomic E-state index is 13.3. The normalized spacial score (nSPS) is 16.6. The summed E-state index contributed by atoms with van der Waals surface area (Å²) in [4.78, 5) is 40.8. The van der Waals surface area contributed by atoms with E-state index in [4.69, 9.17) is 4.98 Å². The first-order valence-electron chi connectivity index (χ1n) is 13.6. The summed E-state index contributed by atoms with van der Waals surface area (Å²) in [5, 5.41) is 4.29. The summed E-state index contributed by atoms with van der Waals surface area (Å²) in [6.07, 6.45) is 13.2. The van der Waals surface area contributed by atoms with Crippen LogP contribution in [0.1, 0.15) is 48.2 Å². The Morgan fingerprint density at radius 1 is 0.641 bits per heavy atom. The number of amides is 2. The fourth-order valence-electron chi connectivity index (χ4n) is 5.94. The van der Waals surface area contributed by atoms with E-state index in [-0.39, 0.29) is 11.8 Å². The smallest absolute Gasteiger partial charge is 0.259 e. The Morgan fingerprint density at radius 3 is 1.67 bits per heavy atom. The lowest BCUT2D eigenvalue weighted by atomic mass is 9.96. The van der Waals surface area contributed by atoms with Crippen LogP contribution in [0.25, 0.3) is 33.2 Å². The standard InChI is InChI=1S/C31H28N6O2/c38-30-26-24-18-36(28-22(24)12-6-14-32-28)16-3-1-8-20-10-5-11-21(34-20)9-2-4-17-37-19-25(27(26)31(39)35-30)23-13-7-15-33-29(23)37/h5-7,10-15,18-19H,1-4,8-9,16-17H2,(H,35,38,39). The predicted molar refractivity (Wildman–Crippen MR) is 150 cm³/mol. The van der Waals surface area contributed by atoms with Gasteiger partial charge in [-0.15, -0.1) is 0 Å². The Hall–Kier alpha value is -4.59. The topological polar surface area (TPSA) is 94.7 Å². The van der Waals surface area contributed by atoms with Crippen LogP contribution in [0.3, 0.4) is 0 Å². The molecule has 194 valence electrons. The lowest BCUT2D eigenvalue weighted by Crippen LogP contribution is -2.22. The van der Waals surface area contributed by atoms with Crippen molar-refractivity contribution in [3.63, 3.8) is 0 Å². The number of aromatic nitrogens is 5. The number of hydrogen-bond acceptors (Lipinski definition) is 5. The number of carbonyl (C=O) groups is 2. The zero-order chi connectivity index (χ0) is 26.3. The summed E-state index contributed by atoms with van der Waals surface area (Å²) in [5.74, 6) is -0.752. The van der Waals surface area contributed by atoms with E-state index in [1.807, 2.05) is 36.7 Å². The summed E-state index contributed by atoms with van der Waals surface area (Å²) in [6, 6.07) is 14.0. The van der Waals surface area contributed by atoms with Gasteiger partial charge in [-0.2, -0.15) is 0 Å². The van der Waals surface area contributed by atoms with Crippen LogP contribution in [0.2, 0.25) is 0 Å². The minimum absolute atomic E-state index is 0.376. The summed E-state index contributed by atoms with van der Waals surface area (Å²) >= 11 is 0. The van der Waals surface area contributed by atoms with Gasteiger partial charge in [-0.25, -0.2) is 9.97 Å². The SMILES string of the molecule is O=C1NC(=O)C2=C1c1cn(c3ncccc13)CCCCc1cccc(n1)CCCCn1cc2c2cccnc21. The van der Waals surface area contributed by atoms with E-state index in [1.54, 1.807) is 12.4 Å². The van der Waals surface area contributed by atoms with Crippen molar-refractivity contribution in [2.75, 3.05) is 0 Å². The van der Waals surface area contributed by atoms with Gasteiger partial charge in [0, 0.05) is 71.2 Å². The van der Waals surface area contributed by atoms with Crippen molar-refractivity contribution >= 4 is 45.0 Å². The molecule has 0 spiro atoms. The molecule has 6 bridgehead atoms. The zero-order valence-corrected chi connectivity index (χ0v) is 21.6. The highest BCUT2D eigenvalue weighted by Crippen LogP contribution is 2.38. The second-order valence-electron chi connectivity index (χ2n) is 10.3. The number of carbonyl (C=O) groups excluding carboxylic acids is 2. The molecule has 7 rings (SSSR count). The van der Waals surface area contributed by atoms with Gasteiger partial charge >= 0.3 is 0 Å². The van der Waals surface area contributed by atoms with Crippen LogP contribution in [-0.2, 0) is 35.5 Å². The number of aryl methyl sites for hydroxylation is 4. The Bertz CT molecular complexity index is 1670. The number of nitrogens with one attached hydrogen (secondary N) is 1. The molecule has 0 saturated carbocycles. The predicted octanol–water partition coefficient (Wildman–Crippen LogP) is 4.71. The van der Waals surface area contributed by atoms with Gasteiger partial charge < -0.3 is 9.13 Å². The highest BCUT2D eigenvalue weighted by atomic mass is 16.2. The van der Waals surface area contributed by atoms with Crippen molar-refractivity contribution in [2.24, 2.45) is 0 Å². The Balaban J connectivity index is 1.41. The molecular formula is C31H28N6O2. The summed E-state index contributed by atoms with van der Waals surface area (Å²) < 4.78 is 4.21. The minimum Gasteiger partial charge on any atom is -0.332 e. The minimum atomic E-state index is -0.376. The fraction of sp³-hybridized carbons (Fsp3) is 0.258. The molecular weight excluding hydrogens is 488 g/mol. The van der Waals surface area contributed by atoms with Crippen LogP contribution in [0.15, 0.2) is 67.3 Å². The first-order chi connectivity index (χ1) is 19.2. The van der Waals surface area contributed by atoms with Gasteiger partial charge in [0.15, 0.2) is 0 Å². The molecule has 8 nitrogen and oxygen atoms in total. The van der Waals surface area contributed by atoms with Crippen molar-refractivity contribution in [1.29, 1.82) is 0 Å². The van der Waals surface area contributed by atoms with E-state index in [0.717, 1.165) is 96.2 Å². The van der Waals surface area contributed by atoms with Gasteiger partial charge in [-0.05, 0) is 74.9 Å². The molecule has 39 heavy (non-hydrogen) atoms. The molecule has 2 aliphatic heterocycles. The van der Waals surface area contributed by atoms with Crippen molar-refractivity contribution in [1.82, 2.24) is 29.4 Å². The fourth-order valence-corrected chi connectivity index (χ4v) is 5.94. The van der Waals surface area contributed by atoms with Crippen LogP contribution in [0.5, 0.6) is 0 Å². The monoisotopic (exact) mass is 516 g/mol. The summed E-state index contributed by atoms with van der Waals surface area (Å²) in [5.41, 5.74) is 6.14. The van der Waals surface area contributed by atoms with Gasteiger partial charge in [0.25, 0.3) is 11.8 Å². The molecule has 5 aromatic heterocycles. The second kappa shape index (κ2) is 9.62. The van der Waals surface area contributed by atoms with E-state index in [2.05, 4.69) is 42.6 Å². The van der Waals surface area contributed by atoms with Crippen LogP contribution in [-0.4, -0.2) is 35.9 Å². The highest BCUT2D eigenvalue weighted by Gasteiger charge is 2.35. The maximum Gasteiger partial charge on any atom is 0.259 e. The lowest BCUT2D eigenvalue weighted by molar-refractivity contribution is -0.122. The molecule has 0 unspecified atom stereocenters. The molecule has 0 aromatic carbocycles. The maximum atomic E-state index is 13.3. The van der Waals surface area contributed by atoms with Crippen LogP contribution < -0.4 is 5.32 Å². The molecule has 7 heterocycles. The summed E-state index contributed by atoms with van der Waals surface area (Å²) in [7, 11) is 0. The van der Waals surface area contributed by atoms with Gasteiger partial charge in [0.2, 0.25) is 0 Å². The van der Waals surface area contributed by atoms with Gasteiger partial charge in [-0.3, -0.25) is 19.9 Å². The Labute approximate surface area is 225 Å². The first-order valence-corrected chi connectivity index (χ1v) is 13.6. The molecule has 1 N–H and O–H groups in total. The van der Waals surface area contributed by atoms with E-state index >= 15 is 0 Å².